The van der Waals surface area contributed by atoms with E-state index in [1.54, 1.807) is 13.8 Å². The van der Waals surface area contributed by atoms with Crippen LogP contribution in [-0.4, -0.2) is 26.5 Å². The van der Waals surface area contributed by atoms with Crippen molar-refractivity contribution in [2.45, 2.75) is 44.0 Å². The summed E-state index contributed by atoms with van der Waals surface area (Å²) in [6.07, 6.45) is -5.51. The first-order chi connectivity index (χ1) is 13.4. The fourth-order valence-corrected chi connectivity index (χ4v) is 3.46. The molecule has 0 bridgehead atoms. The number of hydrogen-bond acceptors (Lipinski definition) is 4. The summed E-state index contributed by atoms with van der Waals surface area (Å²) >= 11 is 0. The molecule has 0 aromatic heterocycles. The molecular formula is C19H21F3N2O4S. The molecule has 2 rings (SSSR count). The molecule has 0 aliphatic heterocycles. The predicted molar refractivity (Wildman–Crippen MR) is 102 cm³/mol. The first kappa shape index (κ1) is 22.5. The Morgan fingerprint density at radius 2 is 1.59 bits per heavy atom. The second kappa shape index (κ2) is 8.73. The molecule has 0 saturated carbocycles. The van der Waals surface area contributed by atoms with Crippen molar-refractivity contribution >= 4 is 21.6 Å². The number of benzene rings is 2. The monoisotopic (exact) mass is 430 g/mol. The van der Waals surface area contributed by atoms with Gasteiger partial charge in [-0.3, -0.25) is 9.52 Å². The molecule has 2 aromatic rings. The Kier molecular flexibility index (Phi) is 6.78. The molecule has 0 spiro atoms. The van der Waals surface area contributed by atoms with Crippen molar-refractivity contribution in [2.24, 2.45) is 0 Å². The second-order valence-electron chi connectivity index (χ2n) is 6.54. The van der Waals surface area contributed by atoms with Crippen LogP contribution in [-0.2, 0) is 21.0 Å². The minimum Gasteiger partial charge on any atom is -0.481 e. The minimum atomic E-state index is -4.70. The molecule has 0 aliphatic rings. The quantitative estimate of drug-likeness (QED) is 0.700. The van der Waals surface area contributed by atoms with Crippen LogP contribution in [0.25, 0.3) is 0 Å². The molecule has 1 amide bonds. The van der Waals surface area contributed by atoms with Gasteiger partial charge in [0, 0.05) is 6.04 Å². The zero-order chi connectivity index (χ0) is 21.8. The molecule has 29 heavy (non-hydrogen) atoms. The predicted octanol–water partition coefficient (Wildman–Crippen LogP) is 3.80. The Morgan fingerprint density at radius 3 is 2.14 bits per heavy atom. The molecule has 0 fully saturated rings. The highest BCUT2D eigenvalue weighted by Crippen LogP contribution is 2.35. The van der Waals surface area contributed by atoms with E-state index in [1.165, 1.54) is 43.3 Å². The molecule has 10 heteroatoms. The third-order valence-corrected chi connectivity index (χ3v) is 5.11. The smallest absolute Gasteiger partial charge is 0.418 e. The number of para-hydroxylation sites is 1. The summed E-state index contributed by atoms with van der Waals surface area (Å²) in [6, 6.07) is 9.24. The van der Waals surface area contributed by atoms with Gasteiger partial charge in [0.05, 0.1) is 16.1 Å². The van der Waals surface area contributed by atoms with E-state index < -0.39 is 33.6 Å². The largest absolute Gasteiger partial charge is 0.481 e. The van der Waals surface area contributed by atoms with Crippen LogP contribution in [0.1, 0.15) is 26.3 Å². The lowest BCUT2D eigenvalue weighted by Crippen LogP contribution is -2.40. The lowest BCUT2D eigenvalue weighted by molar-refractivity contribution is -0.137. The third-order valence-electron chi connectivity index (χ3n) is 3.72. The molecule has 0 unspecified atom stereocenters. The normalized spacial score (nSPS) is 13.1. The van der Waals surface area contributed by atoms with Gasteiger partial charge in [0.25, 0.3) is 15.9 Å². The number of sulfonamides is 1. The lowest BCUT2D eigenvalue weighted by Gasteiger charge is -2.17. The number of rotatable bonds is 7. The van der Waals surface area contributed by atoms with Gasteiger partial charge in [0.15, 0.2) is 6.10 Å². The second-order valence-corrected chi connectivity index (χ2v) is 8.23. The van der Waals surface area contributed by atoms with Crippen LogP contribution in [0.15, 0.2) is 53.4 Å². The molecule has 0 aliphatic carbocycles. The Hall–Kier alpha value is -2.75. The number of halogens is 3. The van der Waals surface area contributed by atoms with Gasteiger partial charge in [-0.15, -0.1) is 0 Å². The van der Waals surface area contributed by atoms with E-state index in [4.69, 9.17) is 4.74 Å². The van der Waals surface area contributed by atoms with E-state index in [1.807, 2.05) is 4.72 Å². The average Bonchev–Trinajstić information content (AvgIpc) is 2.60. The van der Waals surface area contributed by atoms with Crippen molar-refractivity contribution in [1.29, 1.82) is 0 Å². The number of carbonyl (C=O) groups excluding carboxylic acids is 1. The van der Waals surface area contributed by atoms with E-state index in [2.05, 4.69) is 5.32 Å². The molecule has 0 radical (unpaired) electrons. The zero-order valence-corrected chi connectivity index (χ0v) is 16.8. The summed E-state index contributed by atoms with van der Waals surface area (Å²) in [7, 11) is -4.26. The number of anilines is 1. The Labute approximate surface area is 167 Å². The Balaban J connectivity index is 2.16. The maximum atomic E-state index is 13.1. The minimum absolute atomic E-state index is 0.0632. The number of amides is 1. The molecular weight excluding hydrogens is 409 g/mol. The summed E-state index contributed by atoms with van der Waals surface area (Å²) in [6.45, 7) is 5.14. The van der Waals surface area contributed by atoms with Crippen LogP contribution in [0, 0.1) is 0 Å². The fraction of sp³-hybridized carbons (Fsp3) is 0.316. The third kappa shape index (κ3) is 6.11. The summed E-state index contributed by atoms with van der Waals surface area (Å²) in [5.41, 5.74) is -1.66. The Bertz CT molecular complexity index is 958. The highest BCUT2D eigenvalue weighted by atomic mass is 32.2. The van der Waals surface area contributed by atoms with E-state index in [0.29, 0.717) is 0 Å². The van der Waals surface area contributed by atoms with Crippen LogP contribution in [0.2, 0.25) is 0 Å². The van der Waals surface area contributed by atoms with Gasteiger partial charge in [-0.1, -0.05) is 12.1 Å². The molecule has 0 heterocycles. The van der Waals surface area contributed by atoms with Gasteiger partial charge in [-0.25, -0.2) is 8.42 Å². The van der Waals surface area contributed by atoms with Crippen LogP contribution in [0.3, 0.4) is 0 Å². The van der Waals surface area contributed by atoms with Crippen molar-refractivity contribution < 1.29 is 31.1 Å². The van der Waals surface area contributed by atoms with Crippen molar-refractivity contribution in [3.8, 4) is 5.75 Å². The average molecular weight is 430 g/mol. The first-order valence-electron chi connectivity index (χ1n) is 8.66. The number of alkyl halides is 3. The van der Waals surface area contributed by atoms with Crippen molar-refractivity contribution in [2.75, 3.05) is 4.72 Å². The fourth-order valence-electron chi connectivity index (χ4n) is 2.38. The van der Waals surface area contributed by atoms with E-state index in [9.17, 15) is 26.4 Å². The van der Waals surface area contributed by atoms with E-state index in [0.717, 1.165) is 12.1 Å². The molecule has 158 valence electrons. The van der Waals surface area contributed by atoms with Crippen molar-refractivity contribution in [3.63, 3.8) is 0 Å². The number of hydrogen-bond donors (Lipinski definition) is 2. The Morgan fingerprint density at radius 1 is 1.00 bits per heavy atom. The highest BCUT2D eigenvalue weighted by Gasteiger charge is 2.34. The van der Waals surface area contributed by atoms with E-state index >= 15 is 0 Å². The summed E-state index contributed by atoms with van der Waals surface area (Å²) < 4.78 is 71.5. The SMILES string of the molecule is CC(C)NC(=O)[C@@H](C)Oc1ccc(S(=O)(=O)Nc2ccccc2C(F)(F)F)cc1. The summed E-state index contributed by atoms with van der Waals surface area (Å²) in [5, 5.41) is 2.68. The summed E-state index contributed by atoms with van der Waals surface area (Å²) in [5.74, 6) is -0.0897. The van der Waals surface area contributed by atoms with Gasteiger partial charge in [0.2, 0.25) is 0 Å². The maximum Gasteiger partial charge on any atom is 0.418 e. The maximum absolute atomic E-state index is 13.1. The van der Waals surface area contributed by atoms with Gasteiger partial charge in [0.1, 0.15) is 5.75 Å². The number of carbonyl (C=O) groups is 1. The van der Waals surface area contributed by atoms with Crippen LogP contribution >= 0.6 is 0 Å². The molecule has 6 nitrogen and oxygen atoms in total. The van der Waals surface area contributed by atoms with Gasteiger partial charge >= 0.3 is 6.18 Å². The molecule has 2 aromatic carbocycles. The van der Waals surface area contributed by atoms with Crippen LogP contribution in [0.4, 0.5) is 18.9 Å². The molecule has 0 saturated heterocycles. The summed E-state index contributed by atoms with van der Waals surface area (Å²) in [4.78, 5) is 11.6. The van der Waals surface area contributed by atoms with Crippen molar-refractivity contribution in [1.82, 2.24) is 5.32 Å². The van der Waals surface area contributed by atoms with Gasteiger partial charge in [-0.2, -0.15) is 13.2 Å². The molecule has 2 N–H and O–H groups in total. The number of nitrogens with one attached hydrogen (secondary N) is 2. The van der Waals surface area contributed by atoms with Crippen molar-refractivity contribution in [3.05, 3.63) is 54.1 Å². The standard InChI is InChI=1S/C19H21F3N2O4S/c1-12(2)23-18(25)13(3)28-14-8-10-15(11-9-14)29(26,27)24-17-7-5-4-6-16(17)19(20,21)22/h4-13,24H,1-3H3,(H,23,25)/t13-/m1/s1. The molecule has 1 atom stereocenters. The van der Waals surface area contributed by atoms with Crippen LogP contribution in [0.5, 0.6) is 5.75 Å². The lowest BCUT2D eigenvalue weighted by atomic mass is 10.2. The van der Waals surface area contributed by atoms with E-state index in [-0.39, 0.29) is 22.6 Å². The topological polar surface area (TPSA) is 84.5 Å². The van der Waals surface area contributed by atoms with Gasteiger partial charge < -0.3 is 10.1 Å². The first-order valence-corrected chi connectivity index (χ1v) is 10.1. The van der Waals surface area contributed by atoms with Crippen LogP contribution < -0.4 is 14.8 Å². The zero-order valence-electron chi connectivity index (χ0n) is 15.9. The number of ether oxygens (including phenoxy) is 1. The highest BCUT2D eigenvalue weighted by molar-refractivity contribution is 7.92. The van der Waals surface area contributed by atoms with Gasteiger partial charge in [-0.05, 0) is 57.2 Å².